The minimum Gasteiger partial charge on any atom is -0.344 e. The molecule has 0 aromatic carbocycles. The lowest BCUT2D eigenvalue weighted by molar-refractivity contribution is -0.124. The van der Waals surface area contributed by atoms with E-state index in [1.807, 2.05) is 13.8 Å². The van der Waals surface area contributed by atoms with Crippen LogP contribution < -0.4 is 10.6 Å². The number of carbonyl (C=O) groups excluding carboxylic acids is 1. The SMILES string of the molecule is CC(C)(NC(=O)C1C2CNCC21)c1ncc2ccc(F)cn12. The maximum atomic E-state index is 13.5. The van der Waals surface area contributed by atoms with Crippen LogP contribution in [0.15, 0.2) is 24.5 Å². The molecule has 1 aliphatic carbocycles. The van der Waals surface area contributed by atoms with Gasteiger partial charge < -0.3 is 10.6 Å². The number of amides is 1. The summed E-state index contributed by atoms with van der Waals surface area (Å²) in [5, 5.41) is 6.38. The summed E-state index contributed by atoms with van der Waals surface area (Å²) in [7, 11) is 0. The minimum absolute atomic E-state index is 0.0784. The summed E-state index contributed by atoms with van der Waals surface area (Å²) in [6, 6.07) is 3.09. The second kappa shape index (κ2) is 4.52. The van der Waals surface area contributed by atoms with Crippen molar-refractivity contribution in [3.8, 4) is 0 Å². The van der Waals surface area contributed by atoms with Gasteiger partial charge in [0.15, 0.2) is 0 Å². The summed E-state index contributed by atoms with van der Waals surface area (Å²) in [5.41, 5.74) is 0.160. The van der Waals surface area contributed by atoms with Gasteiger partial charge in [-0.2, -0.15) is 0 Å². The molecule has 116 valence electrons. The Labute approximate surface area is 127 Å². The smallest absolute Gasteiger partial charge is 0.224 e. The molecule has 2 unspecified atom stereocenters. The van der Waals surface area contributed by atoms with E-state index < -0.39 is 5.54 Å². The van der Waals surface area contributed by atoms with E-state index in [4.69, 9.17) is 0 Å². The van der Waals surface area contributed by atoms with Gasteiger partial charge in [-0.25, -0.2) is 9.37 Å². The fourth-order valence-corrected chi connectivity index (χ4v) is 3.68. The number of hydrogen-bond acceptors (Lipinski definition) is 3. The first kappa shape index (κ1) is 13.7. The number of carbonyl (C=O) groups is 1. The van der Waals surface area contributed by atoms with Crippen molar-refractivity contribution in [3.63, 3.8) is 0 Å². The lowest BCUT2D eigenvalue weighted by Crippen LogP contribution is -2.44. The maximum absolute atomic E-state index is 13.5. The molecule has 3 heterocycles. The van der Waals surface area contributed by atoms with Crippen LogP contribution in [0.5, 0.6) is 0 Å². The highest BCUT2D eigenvalue weighted by Crippen LogP contribution is 2.49. The zero-order valence-corrected chi connectivity index (χ0v) is 12.6. The van der Waals surface area contributed by atoms with E-state index in [9.17, 15) is 9.18 Å². The molecule has 2 fully saturated rings. The Morgan fingerprint density at radius 3 is 2.86 bits per heavy atom. The topological polar surface area (TPSA) is 58.4 Å². The fourth-order valence-electron chi connectivity index (χ4n) is 3.68. The number of hydrogen-bond donors (Lipinski definition) is 2. The van der Waals surface area contributed by atoms with E-state index in [2.05, 4.69) is 15.6 Å². The Morgan fingerprint density at radius 1 is 1.41 bits per heavy atom. The molecule has 2 aliphatic rings. The Balaban J connectivity index is 1.59. The summed E-state index contributed by atoms with van der Waals surface area (Å²) in [4.78, 5) is 16.9. The van der Waals surface area contributed by atoms with Crippen molar-refractivity contribution in [2.24, 2.45) is 17.8 Å². The van der Waals surface area contributed by atoms with Gasteiger partial charge in [0.25, 0.3) is 0 Å². The molecule has 1 aliphatic heterocycles. The molecule has 2 aromatic heterocycles. The quantitative estimate of drug-likeness (QED) is 0.898. The Bertz CT molecular complexity index is 744. The highest BCUT2D eigenvalue weighted by Gasteiger charge is 2.57. The van der Waals surface area contributed by atoms with Gasteiger partial charge in [0.05, 0.1) is 17.3 Å². The summed E-state index contributed by atoms with van der Waals surface area (Å²) in [6.07, 6.45) is 3.10. The molecule has 2 atom stereocenters. The number of pyridine rings is 1. The lowest BCUT2D eigenvalue weighted by Gasteiger charge is -2.25. The van der Waals surface area contributed by atoms with Gasteiger partial charge in [0, 0.05) is 12.1 Å². The summed E-state index contributed by atoms with van der Waals surface area (Å²) < 4.78 is 15.2. The van der Waals surface area contributed by atoms with Gasteiger partial charge in [-0.05, 0) is 50.9 Å². The zero-order chi connectivity index (χ0) is 15.5. The third-order valence-corrected chi connectivity index (χ3v) is 4.88. The number of fused-ring (bicyclic) bond motifs is 2. The monoisotopic (exact) mass is 302 g/mol. The third kappa shape index (κ3) is 2.01. The van der Waals surface area contributed by atoms with Crippen molar-refractivity contribution in [1.82, 2.24) is 20.0 Å². The van der Waals surface area contributed by atoms with E-state index in [-0.39, 0.29) is 17.6 Å². The predicted molar refractivity (Wildman–Crippen MR) is 79.7 cm³/mol. The van der Waals surface area contributed by atoms with Gasteiger partial charge in [0.2, 0.25) is 5.91 Å². The molecule has 4 rings (SSSR count). The molecule has 0 spiro atoms. The molecule has 5 nitrogen and oxygen atoms in total. The number of nitrogens with one attached hydrogen (secondary N) is 2. The van der Waals surface area contributed by atoms with E-state index in [0.29, 0.717) is 17.7 Å². The summed E-state index contributed by atoms with van der Waals surface area (Å²) in [6.45, 7) is 5.67. The standard InChI is InChI=1S/C16H19FN4O/c1-16(2,20-14(22)13-11-6-18-7-12(11)13)15-19-5-10-4-3-9(17)8-21(10)15/h3-5,8,11-13,18H,6-7H2,1-2H3,(H,20,22). The molecule has 1 saturated heterocycles. The average Bonchev–Trinajstić information content (AvgIpc) is 2.83. The molecular formula is C16H19FN4O. The van der Waals surface area contributed by atoms with Gasteiger partial charge in [0.1, 0.15) is 11.6 Å². The first-order chi connectivity index (χ1) is 10.5. The van der Waals surface area contributed by atoms with Crippen LogP contribution in [0.1, 0.15) is 19.7 Å². The van der Waals surface area contributed by atoms with Crippen molar-refractivity contribution in [1.29, 1.82) is 0 Å². The van der Waals surface area contributed by atoms with Gasteiger partial charge >= 0.3 is 0 Å². The van der Waals surface area contributed by atoms with E-state index >= 15 is 0 Å². The molecule has 0 bridgehead atoms. The lowest BCUT2D eigenvalue weighted by atomic mass is 10.0. The molecule has 0 radical (unpaired) electrons. The van der Waals surface area contributed by atoms with Crippen LogP contribution in [-0.2, 0) is 10.3 Å². The van der Waals surface area contributed by atoms with E-state index in [1.165, 1.54) is 12.3 Å². The molecule has 2 aromatic rings. The Kier molecular flexibility index (Phi) is 2.81. The second-order valence-corrected chi connectivity index (χ2v) is 6.85. The van der Waals surface area contributed by atoms with E-state index in [0.717, 1.165) is 18.6 Å². The second-order valence-electron chi connectivity index (χ2n) is 6.85. The van der Waals surface area contributed by atoms with Crippen molar-refractivity contribution < 1.29 is 9.18 Å². The Morgan fingerprint density at radius 2 is 2.14 bits per heavy atom. The molecule has 1 amide bonds. The largest absolute Gasteiger partial charge is 0.344 e. The first-order valence-corrected chi connectivity index (χ1v) is 7.63. The number of rotatable bonds is 3. The van der Waals surface area contributed by atoms with Crippen molar-refractivity contribution in [3.05, 3.63) is 36.2 Å². The Hall–Kier alpha value is -1.95. The van der Waals surface area contributed by atoms with Gasteiger partial charge in [-0.1, -0.05) is 0 Å². The number of nitrogens with zero attached hydrogens (tertiary/aromatic N) is 2. The molecule has 6 heteroatoms. The van der Waals surface area contributed by atoms with E-state index in [1.54, 1.807) is 16.7 Å². The first-order valence-electron chi connectivity index (χ1n) is 7.63. The third-order valence-electron chi connectivity index (χ3n) is 4.88. The van der Waals surface area contributed by atoms with Crippen LogP contribution in [0.25, 0.3) is 5.52 Å². The zero-order valence-electron chi connectivity index (χ0n) is 12.6. The van der Waals surface area contributed by atoms with Crippen molar-refractivity contribution in [2.75, 3.05) is 13.1 Å². The van der Waals surface area contributed by atoms with Crippen LogP contribution in [0, 0.1) is 23.6 Å². The normalized spacial score (nSPS) is 27.0. The van der Waals surface area contributed by atoms with Crippen molar-refractivity contribution in [2.45, 2.75) is 19.4 Å². The molecule has 22 heavy (non-hydrogen) atoms. The number of halogens is 1. The number of imidazole rings is 1. The molecular weight excluding hydrogens is 283 g/mol. The molecule has 1 saturated carbocycles. The van der Waals surface area contributed by atoms with Crippen LogP contribution >= 0.6 is 0 Å². The number of aromatic nitrogens is 2. The highest BCUT2D eigenvalue weighted by atomic mass is 19.1. The predicted octanol–water partition coefficient (Wildman–Crippen LogP) is 1.29. The van der Waals surface area contributed by atoms with Crippen LogP contribution in [0.2, 0.25) is 0 Å². The summed E-state index contributed by atoms with van der Waals surface area (Å²) in [5.74, 6) is 1.46. The highest BCUT2D eigenvalue weighted by molar-refractivity contribution is 5.83. The van der Waals surface area contributed by atoms with Crippen LogP contribution in [0.4, 0.5) is 4.39 Å². The van der Waals surface area contributed by atoms with Gasteiger partial charge in [-0.15, -0.1) is 0 Å². The maximum Gasteiger partial charge on any atom is 0.224 e. The summed E-state index contributed by atoms with van der Waals surface area (Å²) >= 11 is 0. The minimum atomic E-state index is -0.651. The fraction of sp³-hybridized carbons (Fsp3) is 0.500. The van der Waals surface area contributed by atoms with Crippen LogP contribution in [-0.4, -0.2) is 28.4 Å². The van der Waals surface area contributed by atoms with Crippen LogP contribution in [0.3, 0.4) is 0 Å². The average molecular weight is 302 g/mol. The number of piperidine rings is 1. The molecule has 2 N–H and O–H groups in total. The van der Waals surface area contributed by atoms with Gasteiger partial charge in [-0.3, -0.25) is 9.20 Å². The van der Waals surface area contributed by atoms with Crippen molar-refractivity contribution >= 4 is 11.4 Å².